The number of benzene rings is 2. The number of ether oxygens (including phenoxy) is 2. The Morgan fingerprint density at radius 3 is 2.46 bits per heavy atom. The maximum atomic E-state index is 13.7. The van der Waals surface area contributed by atoms with Crippen molar-refractivity contribution in [2.24, 2.45) is 5.92 Å². The predicted octanol–water partition coefficient (Wildman–Crippen LogP) is 4.10. The minimum absolute atomic E-state index is 0.00950. The molecule has 0 saturated carbocycles. The van der Waals surface area contributed by atoms with Crippen molar-refractivity contribution in [2.45, 2.75) is 30.2 Å². The zero-order valence-electron chi connectivity index (χ0n) is 21.4. The summed E-state index contributed by atoms with van der Waals surface area (Å²) in [5.41, 5.74) is 1.73. The Labute approximate surface area is 229 Å². The van der Waals surface area contributed by atoms with Crippen molar-refractivity contribution in [3.8, 4) is 5.75 Å². The van der Waals surface area contributed by atoms with Gasteiger partial charge in [0.25, 0.3) is 5.69 Å². The normalized spacial score (nSPS) is 20.4. The molecule has 5 rings (SSSR count). The fourth-order valence-corrected chi connectivity index (χ4v) is 6.12. The standard InChI is InChI=1S/C27H29N5O6S/c1-37-22-8-4-20(5-9-22)17-39-24-15-30(27(34)38-16-19-2-6-21(7-3-19)32(35)36)14-23(24)26(33)31-12-10-25(31)29-13-11-28-18-29/h2-9,11,13,18,23-25H,10,12,14-17H2,1H3. The molecule has 2 aromatic carbocycles. The van der Waals surface area contributed by atoms with E-state index < -0.39 is 11.0 Å². The predicted molar refractivity (Wildman–Crippen MR) is 144 cm³/mol. The first-order chi connectivity index (χ1) is 18.9. The van der Waals surface area contributed by atoms with Gasteiger partial charge in [0.2, 0.25) is 5.91 Å². The highest BCUT2D eigenvalue weighted by molar-refractivity contribution is 7.99. The third kappa shape index (κ3) is 6.00. The summed E-state index contributed by atoms with van der Waals surface area (Å²) in [5, 5.41) is 10.8. The number of hydrogen-bond donors (Lipinski definition) is 0. The zero-order chi connectivity index (χ0) is 27.4. The Morgan fingerprint density at radius 2 is 1.85 bits per heavy atom. The number of nitro benzene ring substituents is 1. The van der Waals surface area contributed by atoms with Crippen molar-refractivity contribution in [1.82, 2.24) is 19.4 Å². The minimum Gasteiger partial charge on any atom is -0.497 e. The first kappa shape index (κ1) is 26.5. The highest BCUT2D eigenvalue weighted by Gasteiger charge is 2.45. The van der Waals surface area contributed by atoms with Crippen LogP contribution in [-0.4, -0.2) is 68.3 Å². The number of thioether (sulfide) groups is 1. The van der Waals surface area contributed by atoms with Gasteiger partial charge in [0.05, 0.1) is 24.3 Å². The van der Waals surface area contributed by atoms with Gasteiger partial charge in [0.1, 0.15) is 18.5 Å². The molecular weight excluding hydrogens is 522 g/mol. The van der Waals surface area contributed by atoms with E-state index >= 15 is 0 Å². The molecule has 2 fully saturated rings. The second-order valence-electron chi connectivity index (χ2n) is 9.50. The van der Waals surface area contributed by atoms with Gasteiger partial charge in [0, 0.05) is 61.6 Å². The molecule has 3 aromatic rings. The largest absolute Gasteiger partial charge is 0.497 e. The molecule has 1 aromatic heterocycles. The van der Waals surface area contributed by atoms with E-state index in [9.17, 15) is 19.7 Å². The summed E-state index contributed by atoms with van der Waals surface area (Å²) < 4.78 is 12.7. The lowest BCUT2D eigenvalue weighted by atomic mass is 10.0. The zero-order valence-corrected chi connectivity index (χ0v) is 22.2. The van der Waals surface area contributed by atoms with Gasteiger partial charge in [-0.3, -0.25) is 14.9 Å². The molecule has 0 N–H and O–H groups in total. The first-order valence-corrected chi connectivity index (χ1v) is 13.7. The van der Waals surface area contributed by atoms with Crippen LogP contribution in [0.3, 0.4) is 0 Å². The quantitative estimate of drug-likeness (QED) is 0.288. The van der Waals surface area contributed by atoms with Crippen LogP contribution in [-0.2, 0) is 21.9 Å². The van der Waals surface area contributed by atoms with Crippen molar-refractivity contribution in [1.29, 1.82) is 0 Å². The van der Waals surface area contributed by atoms with Crippen LogP contribution in [0.25, 0.3) is 0 Å². The number of hydrogen-bond acceptors (Lipinski definition) is 8. The molecular formula is C27H29N5O6S. The summed E-state index contributed by atoms with van der Waals surface area (Å²) >= 11 is 1.66. The van der Waals surface area contributed by atoms with Crippen LogP contribution in [0.4, 0.5) is 10.5 Å². The highest BCUT2D eigenvalue weighted by atomic mass is 32.2. The topological polar surface area (TPSA) is 120 Å². The average Bonchev–Trinajstić information content (AvgIpc) is 3.61. The lowest BCUT2D eigenvalue weighted by Gasteiger charge is -2.43. The number of aromatic nitrogens is 2. The molecule has 3 unspecified atom stereocenters. The Bertz CT molecular complexity index is 1300. The Hall–Kier alpha value is -4.06. The number of carbonyl (C=O) groups excluding carboxylic acids is 2. The number of amides is 2. The molecule has 2 amide bonds. The van der Waals surface area contributed by atoms with Crippen molar-refractivity contribution in [3.63, 3.8) is 0 Å². The van der Waals surface area contributed by atoms with E-state index in [1.54, 1.807) is 48.4 Å². The molecule has 0 aliphatic carbocycles. The van der Waals surface area contributed by atoms with E-state index in [0.29, 0.717) is 24.4 Å². The van der Waals surface area contributed by atoms with E-state index in [1.807, 2.05) is 39.9 Å². The van der Waals surface area contributed by atoms with Gasteiger partial charge >= 0.3 is 6.09 Å². The summed E-state index contributed by atoms with van der Waals surface area (Å²) in [6.07, 6.45) is 5.57. The number of nitro groups is 1. The van der Waals surface area contributed by atoms with Crippen LogP contribution < -0.4 is 4.74 Å². The van der Waals surface area contributed by atoms with Crippen LogP contribution in [0, 0.1) is 16.0 Å². The first-order valence-electron chi connectivity index (χ1n) is 12.6. The summed E-state index contributed by atoms with van der Waals surface area (Å²) in [6.45, 7) is 1.31. The van der Waals surface area contributed by atoms with E-state index in [0.717, 1.165) is 17.7 Å². The Kier molecular flexibility index (Phi) is 8.01. The van der Waals surface area contributed by atoms with Crippen LogP contribution in [0.2, 0.25) is 0 Å². The lowest BCUT2D eigenvalue weighted by Crippen LogP contribution is -2.51. The molecule has 204 valence electrons. The van der Waals surface area contributed by atoms with Crippen molar-refractivity contribution >= 4 is 29.4 Å². The van der Waals surface area contributed by atoms with Crippen molar-refractivity contribution < 1.29 is 24.0 Å². The van der Waals surface area contributed by atoms with E-state index in [1.165, 1.54) is 12.1 Å². The lowest BCUT2D eigenvalue weighted by molar-refractivity contribution is -0.384. The number of likely N-dealkylation sites (tertiary alicyclic amines) is 2. The fraction of sp³-hybridized carbons (Fsp3) is 0.370. The average molecular weight is 552 g/mol. The molecule has 2 saturated heterocycles. The minimum atomic E-state index is -0.506. The van der Waals surface area contributed by atoms with E-state index in [4.69, 9.17) is 9.47 Å². The number of carbonyl (C=O) groups is 2. The number of nitrogens with zero attached hydrogens (tertiary/aromatic N) is 5. The summed E-state index contributed by atoms with van der Waals surface area (Å²) in [7, 11) is 1.63. The van der Waals surface area contributed by atoms with Crippen LogP contribution in [0.1, 0.15) is 23.7 Å². The molecule has 3 atom stereocenters. The van der Waals surface area contributed by atoms with Crippen LogP contribution >= 0.6 is 11.8 Å². The molecule has 2 aliphatic heterocycles. The highest BCUT2D eigenvalue weighted by Crippen LogP contribution is 2.37. The number of imidazole rings is 1. The molecule has 3 heterocycles. The monoisotopic (exact) mass is 551 g/mol. The summed E-state index contributed by atoms with van der Waals surface area (Å²) in [5.74, 6) is 1.13. The maximum absolute atomic E-state index is 13.7. The third-order valence-corrected chi connectivity index (χ3v) is 8.52. The summed E-state index contributed by atoms with van der Waals surface area (Å²) in [6, 6.07) is 13.7. The van der Waals surface area contributed by atoms with E-state index in [2.05, 4.69) is 4.98 Å². The number of rotatable bonds is 9. The van der Waals surface area contributed by atoms with Gasteiger partial charge < -0.3 is 23.8 Å². The molecule has 0 bridgehead atoms. The molecule has 2 aliphatic rings. The van der Waals surface area contributed by atoms with Gasteiger partial charge in [-0.05, 0) is 35.4 Å². The Balaban J connectivity index is 1.25. The Morgan fingerprint density at radius 1 is 1.10 bits per heavy atom. The second kappa shape index (κ2) is 11.8. The van der Waals surface area contributed by atoms with Crippen molar-refractivity contribution in [2.75, 3.05) is 26.7 Å². The number of non-ortho nitro benzene ring substituents is 1. The van der Waals surface area contributed by atoms with Gasteiger partial charge in [0.15, 0.2) is 0 Å². The maximum Gasteiger partial charge on any atom is 0.410 e. The van der Waals surface area contributed by atoms with Gasteiger partial charge in [-0.2, -0.15) is 11.8 Å². The van der Waals surface area contributed by atoms with Gasteiger partial charge in [-0.1, -0.05) is 12.1 Å². The van der Waals surface area contributed by atoms with Crippen molar-refractivity contribution in [3.05, 3.63) is 88.5 Å². The van der Waals surface area contributed by atoms with Gasteiger partial charge in [-0.15, -0.1) is 0 Å². The molecule has 12 heteroatoms. The SMILES string of the molecule is COc1ccc(CSC2CN(C(=O)OCc3ccc([N+](=O)[O-])cc3)CC2C(=O)N2CCC2n2ccnc2)cc1. The molecule has 39 heavy (non-hydrogen) atoms. The molecule has 11 nitrogen and oxygen atoms in total. The van der Waals surface area contributed by atoms with Gasteiger partial charge in [-0.25, -0.2) is 9.78 Å². The van der Waals surface area contributed by atoms with E-state index in [-0.39, 0.29) is 42.1 Å². The second-order valence-corrected chi connectivity index (χ2v) is 10.7. The summed E-state index contributed by atoms with van der Waals surface area (Å²) in [4.78, 5) is 44.6. The third-order valence-electron chi connectivity index (χ3n) is 7.11. The van der Waals surface area contributed by atoms with Crippen LogP contribution in [0.5, 0.6) is 5.75 Å². The fourth-order valence-electron chi connectivity index (χ4n) is 4.80. The molecule has 0 spiro atoms. The van der Waals surface area contributed by atoms with Crippen LogP contribution in [0.15, 0.2) is 67.3 Å². The smallest absolute Gasteiger partial charge is 0.410 e. The molecule has 0 radical (unpaired) electrons. The number of methoxy groups -OCH3 is 1.